The van der Waals surface area contributed by atoms with E-state index in [2.05, 4.69) is 0 Å². The van der Waals surface area contributed by atoms with E-state index in [-0.39, 0.29) is 11.5 Å². The molecule has 0 spiro atoms. The van der Waals surface area contributed by atoms with Gasteiger partial charge in [0.25, 0.3) is 5.91 Å². The maximum atomic E-state index is 12.9. The van der Waals surface area contributed by atoms with Crippen LogP contribution in [0.15, 0.2) is 18.2 Å². The number of halogens is 3. The number of hydrogen-bond donors (Lipinski definition) is 0. The number of ether oxygens (including phenoxy) is 1. The fourth-order valence-electron chi connectivity index (χ4n) is 3.20. The predicted molar refractivity (Wildman–Crippen MR) is 85.9 cm³/mol. The first kappa shape index (κ1) is 18.8. The normalized spacial score (nSPS) is 18.7. The molecule has 2 rings (SSSR count). The number of methoxy groups -OCH3 is 1. The van der Waals surface area contributed by atoms with Gasteiger partial charge in [-0.2, -0.15) is 13.2 Å². The summed E-state index contributed by atoms with van der Waals surface area (Å²) in [5.74, 6) is 0.0963. The number of alkyl halides is 3. The molecule has 1 aliphatic rings. The molecule has 1 saturated heterocycles. The Morgan fingerprint density at radius 2 is 2.12 bits per heavy atom. The highest BCUT2D eigenvalue weighted by atomic mass is 19.4. The van der Waals surface area contributed by atoms with Crippen molar-refractivity contribution in [1.29, 1.82) is 0 Å². The van der Waals surface area contributed by atoms with Gasteiger partial charge < -0.3 is 9.64 Å². The second kappa shape index (κ2) is 8.01. The molecule has 0 N–H and O–H groups in total. The minimum Gasteiger partial charge on any atom is -0.385 e. The molecule has 1 aromatic rings. The lowest BCUT2D eigenvalue weighted by atomic mass is 9.92. The van der Waals surface area contributed by atoms with E-state index in [4.69, 9.17) is 4.74 Å². The van der Waals surface area contributed by atoms with E-state index in [1.165, 1.54) is 6.07 Å². The van der Waals surface area contributed by atoms with E-state index < -0.39 is 11.7 Å². The quantitative estimate of drug-likeness (QED) is 0.746. The number of likely N-dealkylation sites (tertiary alicyclic amines) is 1. The van der Waals surface area contributed by atoms with E-state index in [1.807, 2.05) is 0 Å². The summed E-state index contributed by atoms with van der Waals surface area (Å²) in [6, 6.07) is 3.37. The molecule has 1 unspecified atom stereocenters. The summed E-state index contributed by atoms with van der Waals surface area (Å²) in [4.78, 5) is 14.4. The van der Waals surface area contributed by atoms with E-state index in [0.29, 0.717) is 31.2 Å². The Balaban J connectivity index is 2.10. The maximum absolute atomic E-state index is 12.9. The van der Waals surface area contributed by atoms with Crippen molar-refractivity contribution in [3.05, 3.63) is 34.9 Å². The van der Waals surface area contributed by atoms with E-state index in [1.54, 1.807) is 18.9 Å². The topological polar surface area (TPSA) is 29.5 Å². The Hall–Kier alpha value is -1.56. The van der Waals surface area contributed by atoms with Crippen molar-refractivity contribution in [1.82, 2.24) is 4.90 Å². The average Bonchev–Trinajstić information content (AvgIpc) is 2.54. The average molecular weight is 343 g/mol. The number of rotatable bonds is 5. The number of nitrogens with zero attached hydrogens (tertiary/aromatic N) is 1. The first-order valence-electron chi connectivity index (χ1n) is 8.29. The van der Waals surface area contributed by atoms with Gasteiger partial charge in [0, 0.05) is 32.4 Å². The van der Waals surface area contributed by atoms with Crippen LogP contribution < -0.4 is 0 Å². The summed E-state index contributed by atoms with van der Waals surface area (Å²) >= 11 is 0. The minimum absolute atomic E-state index is 0.155. The number of piperidine rings is 1. The van der Waals surface area contributed by atoms with Crippen LogP contribution in [0.1, 0.15) is 47.2 Å². The lowest BCUT2D eigenvalue weighted by Crippen LogP contribution is -2.40. The summed E-state index contributed by atoms with van der Waals surface area (Å²) in [7, 11) is 1.66. The van der Waals surface area contributed by atoms with Crippen molar-refractivity contribution in [3.8, 4) is 0 Å². The van der Waals surface area contributed by atoms with Crippen LogP contribution in [-0.4, -0.2) is 37.6 Å². The van der Waals surface area contributed by atoms with Crippen molar-refractivity contribution in [2.75, 3.05) is 26.8 Å². The van der Waals surface area contributed by atoms with E-state index in [9.17, 15) is 18.0 Å². The molecule has 0 radical (unpaired) electrons. The fourth-order valence-corrected chi connectivity index (χ4v) is 3.20. The summed E-state index contributed by atoms with van der Waals surface area (Å²) < 4.78 is 43.8. The third kappa shape index (κ3) is 4.72. The zero-order valence-electron chi connectivity index (χ0n) is 14.2. The second-order valence-electron chi connectivity index (χ2n) is 6.42. The Bertz CT molecular complexity index is 572. The van der Waals surface area contributed by atoms with Gasteiger partial charge in [-0.05, 0) is 56.2 Å². The molecule has 1 heterocycles. The van der Waals surface area contributed by atoms with Gasteiger partial charge in [-0.15, -0.1) is 0 Å². The lowest BCUT2D eigenvalue weighted by Gasteiger charge is -2.33. The van der Waals surface area contributed by atoms with Crippen molar-refractivity contribution < 1.29 is 22.7 Å². The third-order valence-corrected chi connectivity index (χ3v) is 4.56. The van der Waals surface area contributed by atoms with Crippen LogP contribution in [0.3, 0.4) is 0 Å². The number of benzene rings is 1. The SMILES string of the molecule is COCCCC1CCCN(C(=O)c2cc(C(F)(F)F)ccc2C)C1. The standard InChI is InChI=1S/C18H24F3NO2/c1-13-7-8-15(18(19,20)21)11-16(13)17(23)22-9-3-5-14(12-22)6-4-10-24-2/h7-8,11,14H,3-6,9-10,12H2,1-2H3. The van der Waals surface area contributed by atoms with Crippen LogP contribution in [0.2, 0.25) is 0 Å². The molecular formula is C18H24F3NO2. The first-order valence-corrected chi connectivity index (χ1v) is 8.29. The fraction of sp³-hybridized carbons (Fsp3) is 0.611. The Morgan fingerprint density at radius 3 is 2.79 bits per heavy atom. The highest BCUT2D eigenvalue weighted by Crippen LogP contribution is 2.31. The minimum atomic E-state index is -4.44. The highest BCUT2D eigenvalue weighted by Gasteiger charge is 2.32. The van der Waals surface area contributed by atoms with Gasteiger partial charge in [0.2, 0.25) is 0 Å². The molecule has 6 heteroatoms. The van der Waals surface area contributed by atoms with E-state index in [0.717, 1.165) is 37.8 Å². The summed E-state index contributed by atoms with van der Waals surface area (Å²) in [6.07, 6.45) is -0.589. The molecule has 1 atom stereocenters. The first-order chi connectivity index (χ1) is 11.3. The monoisotopic (exact) mass is 343 g/mol. The predicted octanol–water partition coefficient (Wildman–Crippen LogP) is 4.29. The molecule has 3 nitrogen and oxygen atoms in total. The molecule has 0 bridgehead atoms. The van der Waals surface area contributed by atoms with Crippen molar-refractivity contribution in [3.63, 3.8) is 0 Å². The third-order valence-electron chi connectivity index (χ3n) is 4.56. The number of carbonyl (C=O) groups is 1. The zero-order chi connectivity index (χ0) is 17.7. The molecule has 0 aliphatic carbocycles. The van der Waals surface area contributed by atoms with Crippen LogP contribution in [0.25, 0.3) is 0 Å². The number of carbonyl (C=O) groups excluding carboxylic acids is 1. The molecule has 1 amide bonds. The van der Waals surface area contributed by atoms with Gasteiger partial charge >= 0.3 is 6.18 Å². The van der Waals surface area contributed by atoms with Crippen molar-refractivity contribution >= 4 is 5.91 Å². The lowest BCUT2D eigenvalue weighted by molar-refractivity contribution is -0.137. The van der Waals surface area contributed by atoms with Crippen LogP contribution in [0, 0.1) is 12.8 Å². The van der Waals surface area contributed by atoms with Crippen LogP contribution in [-0.2, 0) is 10.9 Å². The second-order valence-corrected chi connectivity index (χ2v) is 6.42. The zero-order valence-corrected chi connectivity index (χ0v) is 14.2. The molecule has 134 valence electrons. The molecule has 0 saturated carbocycles. The molecule has 1 aliphatic heterocycles. The number of aryl methyl sites for hydroxylation is 1. The molecule has 0 aromatic heterocycles. The van der Waals surface area contributed by atoms with Crippen molar-refractivity contribution in [2.24, 2.45) is 5.92 Å². The Morgan fingerprint density at radius 1 is 1.38 bits per heavy atom. The summed E-state index contributed by atoms with van der Waals surface area (Å²) in [5.41, 5.74) is -0.0398. The van der Waals surface area contributed by atoms with Gasteiger partial charge in [-0.1, -0.05) is 6.07 Å². The van der Waals surface area contributed by atoms with Crippen LogP contribution >= 0.6 is 0 Å². The molecular weight excluding hydrogens is 319 g/mol. The molecule has 24 heavy (non-hydrogen) atoms. The van der Waals surface area contributed by atoms with Crippen molar-refractivity contribution in [2.45, 2.75) is 38.8 Å². The largest absolute Gasteiger partial charge is 0.416 e. The number of amides is 1. The summed E-state index contributed by atoms with van der Waals surface area (Å²) in [6.45, 7) is 3.58. The maximum Gasteiger partial charge on any atom is 0.416 e. The van der Waals surface area contributed by atoms with Gasteiger partial charge in [0.1, 0.15) is 0 Å². The van der Waals surface area contributed by atoms with Crippen LogP contribution in [0.5, 0.6) is 0 Å². The van der Waals surface area contributed by atoms with Gasteiger partial charge in [-0.25, -0.2) is 0 Å². The Kier molecular flexibility index (Phi) is 6.27. The van der Waals surface area contributed by atoms with E-state index >= 15 is 0 Å². The number of hydrogen-bond acceptors (Lipinski definition) is 2. The van der Waals surface area contributed by atoms with Gasteiger partial charge in [0.05, 0.1) is 5.56 Å². The molecule has 1 fully saturated rings. The molecule has 1 aromatic carbocycles. The van der Waals surface area contributed by atoms with Gasteiger partial charge in [-0.3, -0.25) is 4.79 Å². The van der Waals surface area contributed by atoms with Gasteiger partial charge in [0.15, 0.2) is 0 Å². The summed E-state index contributed by atoms with van der Waals surface area (Å²) in [5, 5.41) is 0. The highest BCUT2D eigenvalue weighted by molar-refractivity contribution is 5.96. The van der Waals surface area contributed by atoms with Crippen LogP contribution in [0.4, 0.5) is 13.2 Å². The Labute approximate surface area is 140 Å². The smallest absolute Gasteiger partial charge is 0.385 e.